The van der Waals surface area contributed by atoms with Crippen molar-refractivity contribution in [2.45, 2.75) is 0 Å². The van der Waals surface area contributed by atoms with Gasteiger partial charge in [-0.05, 0) is 40.2 Å². The van der Waals surface area contributed by atoms with E-state index in [-0.39, 0.29) is 5.91 Å². The number of carbonyl (C=O) groups excluding carboxylic acids is 1. The van der Waals surface area contributed by atoms with Crippen LogP contribution in [0, 0.1) is 0 Å². The van der Waals surface area contributed by atoms with Gasteiger partial charge in [-0.15, -0.1) is 11.3 Å². The van der Waals surface area contributed by atoms with Crippen LogP contribution < -0.4 is 14.8 Å². The van der Waals surface area contributed by atoms with Crippen LogP contribution in [0.5, 0.6) is 11.5 Å². The Labute approximate surface area is 129 Å². The van der Waals surface area contributed by atoms with Crippen LogP contribution in [-0.2, 0) is 0 Å². The molecule has 0 aliphatic heterocycles. The van der Waals surface area contributed by atoms with Crippen LogP contribution in [0.3, 0.4) is 0 Å². The second kappa shape index (κ2) is 7.31. The molecule has 20 heavy (non-hydrogen) atoms. The van der Waals surface area contributed by atoms with Crippen LogP contribution in [0.2, 0.25) is 0 Å². The van der Waals surface area contributed by atoms with Crippen LogP contribution in [-0.4, -0.2) is 26.2 Å². The summed E-state index contributed by atoms with van der Waals surface area (Å²) in [7, 11) is 1.61. The van der Waals surface area contributed by atoms with E-state index in [0.29, 0.717) is 18.0 Å². The smallest absolute Gasteiger partial charge is 0.261 e. The van der Waals surface area contributed by atoms with Gasteiger partial charge < -0.3 is 14.8 Å². The Morgan fingerprint density at radius 1 is 1.30 bits per heavy atom. The van der Waals surface area contributed by atoms with E-state index >= 15 is 0 Å². The van der Waals surface area contributed by atoms with Crippen molar-refractivity contribution in [1.82, 2.24) is 5.32 Å². The van der Waals surface area contributed by atoms with Crippen molar-refractivity contribution >= 4 is 33.2 Å². The fourth-order valence-corrected chi connectivity index (χ4v) is 2.85. The van der Waals surface area contributed by atoms with Gasteiger partial charge in [0.05, 0.1) is 22.3 Å². The van der Waals surface area contributed by atoms with Crippen LogP contribution in [0.1, 0.15) is 9.67 Å². The molecule has 0 saturated heterocycles. The number of ether oxygens (including phenoxy) is 2. The molecule has 1 aromatic carbocycles. The zero-order valence-electron chi connectivity index (χ0n) is 10.9. The number of rotatable bonds is 6. The number of hydrogen-bond acceptors (Lipinski definition) is 4. The molecule has 6 heteroatoms. The monoisotopic (exact) mass is 355 g/mol. The highest BCUT2D eigenvalue weighted by atomic mass is 79.9. The molecular weight excluding hydrogens is 342 g/mol. The lowest BCUT2D eigenvalue weighted by atomic mass is 10.3. The number of hydrogen-bond donors (Lipinski definition) is 1. The molecule has 1 heterocycles. The molecule has 1 aromatic heterocycles. The average molecular weight is 356 g/mol. The van der Waals surface area contributed by atoms with Crippen LogP contribution in [0.15, 0.2) is 40.2 Å². The Bertz CT molecular complexity index is 585. The number of carbonyl (C=O) groups is 1. The Morgan fingerprint density at radius 2 is 2.10 bits per heavy atom. The number of thiophene rings is 1. The van der Waals surface area contributed by atoms with Crippen LogP contribution >= 0.6 is 27.3 Å². The van der Waals surface area contributed by atoms with E-state index in [1.807, 2.05) is 24.3 Å². The molecule has 106 valence electrons. The molecule has 0 radical (unpaired) electrons. The van der Waals surface area contributed by atoms with Gasteiger partial charge in [0, 0.05) is 6.07 Å². The minimum absolute atomic E-state index is 0.0880. The minimum atomic E-state index is -0.0880. The normalized spacial score (nSPS) is 10.1. The first-order chi connectivity index (χ1) is 9.69. The summed E-state index contributed by atoms with van der Waals surface area (Å²) < 4.78 is 11.6. The molecule has 0 bridgehead atoms. The van der Waals surface area contributed by atoms with E-state index in [2.05, 4.69) is 21.2 Å². The van der Waals surface area contributed by atoms with Crippen LogP contribution in [0.4, 0.5) is 0 Å². The summed E-state index contributed by atoms with van der Waals surface area (Å²) >= 11 is 4.73. The average Bonchev–Trinajstić information content (AvgIpc) is 2.90. The van der Waals surface area contributed by atoms with E-state index < -0.39 is 0 Å². The summed E-state index contributed by atoms with van der Waals surface area (Å²) in [5, 5.41) is 2.81. The van der Waals surface area contributed by atoms with Crippen molar-refractivity contribution in [1.29, 1.82) is 0 Å². The van der Waals surface area contributed by atoms with Crippen molar-refractivity contribution in [3.8, 4) is 11.5 Å². The van der Waals surface area contributed by atoms with Gasteiger partial charge in [-0.25, -0.2) is 0 Å². The van der Waals surface area contributed by atoms with Gasteiger partial charge in [-0.3, -0.25) is 4.79 Å². The van der Waals surface area contributed by atoms with Crippen LogP contribution in [0.25, 0.3) is 0 Å². The summed E-state index contributed by atoms with van der Waals surface area (Å²) in [6.45, 7) is 0.858. The highest BCUT2D eigenvalue weighted by molar-refractivity contribution is 9.11. The summed E-state index contributed by atoms with van der Waals surface area (Å²) in [6.07, 6.45) is 0. The molecular formula is C14H14BrNO3S. The fourth-order valence-electron chi connectivity index (χ4n) is 1.55. The number of benzene rings is 1. The van der Waals surface area contributed by atoms with E-state index in [0.717, 1.165) is 15.3 Å². The molecule has 0 spiro atoms. The lowest BCUT2D eigenvalue weighted by molar-refractivity contribution is 0.0951. The SMILES string of the molecule is COc1cccc(OCCNC(=O)c2ccc(Br)s2)c1. The number of amides is 1. The molecule has 0 atom stereocenters. The predicted molar refractivity (Wildman–Crippen MR) is 82.8 cm³/mol. The molecule has 2 rings (SSSR count). The van der Waals surface area contributed by atoms with E-state index in [1.165, 1.54) is 11.3 Å². The first kappa shape index (κ1) is 14.9. The van der Waals surface area contributed by atoms with Gasteiger partial charge in [0.15, 0.2) is 0 Å². The van der Waals surface area contributed by atoms with Crippen molar-refractivity contribution in [3.63, 3.8) is 0 Å². The van der Waals surface area contributed by atoms with E-state index in [9.17, 15) is 4.79 Å². The van der Waals surface area contributed by atoms with Crippen molar-refractivity contribution in [2.75, 3.05) is 20.3 Å². The zero-order chi connectivity index (χ0) is 14.4. The topological polar surface area (TPSA) is 47.6 Å². The third-order valence-corrected chi connectivity index (χ3v) is 4.12. The molecule has 0 aliphatic carbocycles. The van der Waals surface area contributed by atoms with E-state index in [4.69, 9.17) is 9.47 Å². The maximum absolute atomic E-state index is 11.8. The molecule has 0 aliphatic rings. The van der Waals surface area contributed by atoms with Gasteiger partial charge >= 0.3 is 0 Å². The molecule has 1 N–H and O–H groups in total. The summed E-state index contributed by atoms with van der Waals surface area (Å²) in [5.41, 5.74) is 0. The standard InChI is InChI=1S/C14H14BrNO3S/c1-18-10-3-2-4-11(9-10)19-8-7-16-14(17)12-5-6-13(15)20-12/h2-6,9H,7-8H2,1H3,(H,16,17). The highest BCUT2D eigenvalue weighted by Gasteiger charge is 2.07. The Hall–Kier alpha value is -1.53. The van der Waals surface area contributed by atoms with Gasteiger partial charge in [0.25, 0.3) is 5.91 Å². The fraction of sp³-hybridized carbons (Fsp3) is 0.214. The largest absolute Gasteiger partial charge is 0.497 e. The summed E-state index contributed by atoms with van der Waals surface area (Å²) in [6, 6.07) is 11.0. The predicted octanol–water partition coefficient (Wildman–Crippen LogP) is 3.33. The summed E-state index contributed by atoms with van der Waals surface area (Å²) in [5.74, 6) is 1.38. The van der Waals surface area contributed by atoms with Crippen molar-refractivity contribution < 1.29 is 14.3 Å². The molecule has 4 nitrogen and oxygen atoms in total. The Morgan fingerprint density at radius 3 is 2.80 bits per heavy atom. The lowest BCUT2D eigenvalue weighted by Gasteiger charge is -2.08. The third kappa shape index (κ3) is 4.25. The molecule has 1 amide bonds. The van der Waals surface area contributed by atoms with Gasteiger partial charge in [0.1, 0.15) is 18.1 Å². The highest BCUT2D eigenvalue weighted by Crippen LogP contribution is 2.21. The van der Waals surface area contributed by atoms with E-state index in [1.54, 1.807) is 19.2 Å². The number of methoxy groups -OCH3 is 1. The zero-order valence-corrected chi connectivity index (χ0v) is 13.3. The van der Waals surface area contributed by atoms with Gasteiger partial charge in [-0.2, -0.15) is 0 Å². The minimum Gasteiger partial charge on any atom is -0.497 e. The number of nitrogens with one attached hydrogen (secondary N) is 1. The molecule has 2 aromatic rings. The third-order valence-electron chi connectivity index (χ3n) is 2.49. The molecule has 0 fully saturated rings. The Balaban J connectivity index is 1.74. The van der Waals surface area contributed by atoms with Crippen molar-refractivity contribution in [3.05, 3.63) is 45.1 Å². The first-order valence-corrected chi connectivity index (χ1v) is 7.60. The van der Waals surface area contributed by atoms with Gasteiger partial charge in [0.2, 0.25) is 0 Å². The first-order valence-electron chi connectivity index (χ1n) is 5.99. The quantitative estimate of drug-likeness (QED) is 0.808. The Kier molecular flexibility index (Phi) is 5.43. The number of halogens is 1. The summed E-state index contributed by atoms with van der Waals surface area (Å²) in [4.78, 5) is 12.5. The van der Waals surface area contributed by atoms with Crippen molar-refractivity contribution in [2.24, 2.45) is 0 Å². The second-order valence-corrected chi connectivity index (χ2v) is 6.35. The lowest BCUT2D eigenvalue weighted by Crippen LogP contribution is -2.27. The molecule has 0 unspecified atom stereocenters. The van der Waals surface area contributed by atoms with Gasteiger partial charge in [-0.1, -0.05) is 6.07 Å². The maximum atomic E-state index is 11.8. The maximum Gasteiger partial charge on any atom is 0.261 e. The molecule has 0 saturated carbocycles. The second-order valence-electron chi connectivity index (χ2n) is 3.89.